The Labute approximate surface area is 111 Å². The monoisotopic (exact) mass is 270 g/mol. The predicted molar refractivity (Wildman–Crippen MR) is 64.4 cm³/mol. The van der Waals surface area contributed by atoms with Gasteiger partial charge in [0.15, 0.2) is 5.76 Å². The van der Waals surface area contributed by atoms with E-state index in [1.807, 2.05) is 18.0 Å². The van der Waals surface area contributed by atoms with Crippen molar-refractivity contribution < 1.29 is 23.9 Å². The third-order valence-electron chi connectivity index (χ3n) is 3.24. The third kappa shape index (κ3) is 3.31. The van der Waals surface area contributed by atoms with Gasteiger partial charge < -0.3 is 19.1 Å². The lowest BCUT2D eigenvalue weighted by molar-refractivity contribution is -0.143. The van der Waals surface area contributed by atoms with E-state index in [1.54, 1.807) is 7.11 Å². The van der Waals surface area contributed by atoms with Gasteiger partial charge in [0.1, 0.15) is 6.61 Å². The molecule has 1 aromatic heterocycles. The average molecular weight is 270 g/mol. The number of carboxylic acid groups (broad SMARTS) is 1. The van der Waals surface area contributed by atoms with Crippen LogP contribution in [0.5, 0.6) is 0 Å². The van der Waals surface area contributed by atoms with Crippen LogP contribution in [0, 0.1) is 5.92 Å². The van der Waals surface area contributed by atoms with Crippen molar-refractivity contribution in [2.45, 2.75) is 19.2 Å². The summed E-state index contributed by atoms with van der Waals surface area (Å²) in [6.45, 7) is 1.58. The quantitative estimate of drug-likeness (QED) is 0.798. The number of aliphatic carboxylic acids is 1. The number of aromatic nitrogens is 1. The summed E-state index contributed by atoms with van der Waals surface area (Å²) in [5.74, 6) is -0.659. The summed E-state index contributed by atoms with van der Waals surface area (Å²) in [6, 6.07) is 1.67. The van der Waals surface area contributed by atoms with Gasteiger partial charge in [-0.1, -0.05) is 5.16 Å². The number of carboxylic acids is 1. The predicted octanol–water partition coefficient (Wildman–Crippen LogP) is 0.352. The molecule has 0 radical (unpaired) electrons. The van der Waals surface area contributed by atoms with Gasteiger partial charge in [-0.3, -0.25) is 9.69 Å². The lowest BCUT2D eigenvalue weighted by Gasteiger charge is -2.24. The molecule has 1 N–H and O–H groups in total. The fraction of sp³-hybridized carbons (Fsp3) is 0.667. The fourth-order valence-corrected chi connectivity index (χ4v) is 2.23. The molecule has 1 aromatic rings. The Hall–Kier alpha value is -1.44. The minimum Gasteiger partial charge on any atom is -0.481 e. The summed E-state index contributed by atoms with van der Waals surface area (Å²) in [7, 11) is 3.45. The molecule has 7 heteroatoms. The molecule has 1 saturated heterocycles. The van der Waals surface area contributed by atoms with Crippen molar-refractivity contribution >= 4 is 5.97 Å². The maximum Gasteiger partial charge on any atom is 0.310 e. The zero-order valence-electron chi connectivity index (χ0n) is 11.0. The van der Waals surface area contributed by atoms with Gasteiger partial charge in [0, 0.05) is 25.8 Å². The molecule has 0 bridgehead atoms. The van der Waals surface area contributed by atoms with Gasteiger partial charge in [-0.05, 0) is 7.05 Å². The van der Waals surface area contributed by atoms with Gasteiger partial charge in [0.05, 0.1) is 24.8 Å². The summed E-state index contributed by atoms with van der Waals surface area (Å²) in [5, 5.41) is 13.0. The highest BCUT2D eigenvalue weighted by atomic mass is 16.5. The van der Waals surface area contributed by atoms with Gasteiger partial charge in [0.25, 0.3) is 0 Å². The topological polar surface area (TPSA) is 85.0 Å². The first-order valence-corrected chi connectivity index (χ1v) is 6.06. The highest BCUT2D eigenvalue weighted by Gasteiger charge is 2.36. The summed E-state index contributed by atoms with van der Waals surface area (Å²) in [6.07, 6.45) is 0. The first kappa shape index (κ1) is 14.0. The van der Waals surface area contributed by atoms with Gasteiger partial charge in [-0.2, -0.15) is 0 Å². The maximum absolute atomic E-state index is 11.1. The molecular weight excluding hydrogens is 252 g/mol. The molecule has 1 fully saturated rings. The van der Waals surface area contributed by atoms with Crippen molar-refractivity contribution in [3.8, 4) is 0 Å². The second kappa shape index (κ2) is 6.14. The summed E-state index contributed by atoms with van der Waals surface area (Å²) in [4.78, 5) is 13.0. The number of nitrogens with zero attached hydrogens (tertiary/aromatic N) is 2. The zero-order valence-corrected chi connectivity index (χ0v) is 11.0. The highest BCUT2D eigenvalue weighted by Crippen LogP contribution is 2.20. The molecule has 19 heavy (non-hydrogen) atoms. The summed E-state index contributed by atoms with van der Waals surface area (Å²) < 4.78 is 15.3. The lowest BCUT2D eigenvalue weighted by Crippen LogP contribution is -2.40. The van der Waals surface area contributed by atoms with Crippen molar-refractivity contribution in [3.63, 3.8) is 0 Å². The van der Waals surface area contributed by atoms with Crippen LogP contribution in [0.15, 0.2) is 10.6 Å². The van der Waals surface area contributed by atoms with Crippen LogP contribution in [0.25, 0.3) is 0 Å². The molecule has 0 amide bonds. The van der Waals surface area contributed by atoms with Crippen molar-refractivity contribution in [1.29, 1.82) is 0 Å². The third-order valence-corrected chi connectivity index (χ3v) is 3.24. The standard InChI is InChI=1S/C12H18N2O5/c1-14(11-7-18-6-10(11)12(15)16)4-8-3-9(5-17-2)19-13-8/h3,10-11H,4-7H2,1-2H3,(H,15,16). The second-order valence-corrected chi connectivity index (χ2v) is 4.68. The summed E-state index contributed by atoms with van der Waals surface area (Å²) in [5.41, 5.74) is 0.755. The zero-order chi connectivity index (χ0) is 13.8. The Bertz CT molecular complexity index is 434. The number of carbonyl (C=O) groups is 1. The molecule has 1 aliphatic rings. The smallest absolute Gasteiger partial charge is 0.310 e. The lowest BCUT2D eigenvalue weighted by atomic mass is 10.0. The second-order valence-electron chi connectivity index (χ2n) is 4.68. The first-order chi connectivity index (χ1) is 9.11. The van der Waals surface area contributed by atoms with Crippen LogP contribution in [0.1, 0.15) is 11.5 Å². The van der Waals surface area contributed by atoms with E-state index in [0.29, 0.717) is 25.5 Å². The molecule has 0 aliphatic carbocycles. The van der Waals surface area contributed by atoms with E-state index >= 15 is 0 Å². The van der Waals surface area contributed by atoms with Crippen molar-refractivity contribution in [1.82, 2.24) is 10.1 Å². The average Bonchev–Trinajstić information content (AvgIpc) is 2.98. The largest absolute Gasteiger partial charge is 0.481 e. The minimum atomic E-state index is -0.824. The molecular formula is C12H18N2O5. The van der Waals surface area contributed by atoms with E-state index < -0.39 is 11.9 Å². The molecule has 106 valence electrons. The van der Waals surface area contributed by atoms with Crippen molar-refractivity contribution in [2.75, 3.05) is 27.4 Å². The number of ether oxygens (including phenoxy) is 2. The molecule has 2 unspecified atom stereocenters. The number of hydrogen-bond donors (Lipinski definition) is 1. The van der Waals surface area contributed by atoms with E-state index in [9.17, 15) is 4.79 Å². The Kier molecular flexibility index (Phi) is 4.52. The molecule has 2 rings (SSSR count). The van der Waals surface area contributed by atoms with E-state index in [4.69, 9.17) is 19.1 Å². The maximum atomic E-state index is 11.1. The van der Waals surface area contributed by atoms with Crippen LogP contribution in [-0.2, 0) is 27.4 Å². The molecule has 0 aromatic carbocycles. The van der Waals surface area contributed by atoms with Gasteiger partial charge in [-0.25, -0.2) is 0 Å². The Morgan fingerprint density at radius 1 is 1.63 bits per heavy atom. The van der Waals surface area contributed by atoms with E-state index in [1.165, 1.54) is 0 Å². The van der Waals surface area contributed by atoms with Crippen LogP contribution >= 0.6 is 0 Å². The number of rotatable bonds is 6. The van der Waals surface area contributed by atoms with Gasteiger partial charge in [0.2, 0.25) is 0 Å². The molecule has 1 aliphatic heterocycles. The molecule has 0 saturated carbocycles. The number of hydrogen-bond acceptors (Lipinski definition) is 6. The van der Waals surface area contributed by atoms with Gasteiger partial charge >= 0.3 is 5.97 Å². The molecule has 2 heterocycles. The first-order valence-electron chi connectivity index (χ1n) is 6.06. The SMILES string of the molecule is COCc1cc(CN(C)C2COCC2C(=O)O)no1. The minimum absolute atomic E-state index is 0.139. The van der Waals surface area contributed by atoms with Crippen LogP contribution in [0.2, 0.25) is 0 Å². The normalized spacial score (nSPS) is 23.1. The van der Waals surface area contributed by atoms with Crippen LogP contribution < -0.4 is 0 Å². The Morgan fingerprint density at radius 2 is 2.42 bits per heavy atom. The van der Waals surface area contributed by atoms with E-state index in [-0.39, 0.29) is 12.6 Å². The number of methoxy groups -OCH3 is 1. The fourth-order valence-electron chi connectivity index (χ4n) is 2.23. The number of likely N-dealkylation sites (N-methyl/N-ethyl adjacent to an activating group) is 1. The Balaban J connectivity index is 1.95. The highest BCUT2D eigenvalue weighted by molar-refractivity contribution is 5.71. The van der Waals surface area contributed by atoms with Crippen LogP contribution in [0.4, 0.5) is 0 Å². The van der Waals surface area contributed by atoms with Gasteiger partial charge in [-0.15, -0.1) is 0 Å². The van der Waals surface area contributed by atoms with Crippen molar-refractivity contribution in [2.24, 2.45) is 5.92 Å². The van der Waals surface area contributed by atoms with E-state index in [0.717, 1.165) is 5.69 Å². The Morgan fingerprint density at radius 3 is 3.11 bits per heavy atom. The summed E-state index contributed by atoms with van der Waals surface area (Å²) >= 11 is 0. The molecule has 0 spiro atoms. The van der Waals surface area contributed by atoms with Crippen molar-refractivity contribution in [3.05, 3.63) is 17.5 Å². The molecule has 7 nitrogen and oxygen atoms in total. The van der Waals surface area contributed by atoms with Crippen LogP contribution in [0.3, 0.4) is 0 Å². The van der Waals surface area contributed by atoms with Crippen LogP contribution in [-0.4, -0.2) is 54.5 Å². The van der Waals surface area contributed by atoms with E-state index in [2.05, 4.69) is 5.16 Å². The molecule has 2 atom stereocenters.